The molecule has 0 unspecified atom stereocenters. The maximum Gasteiger partial charge on any atom is 0.234 e. The molecule has 29 heavy (non-hydrogen) atoms. The van der Waals surface area contributed by atoms with Crippen molar-refractivity contribution in [1.82, 2.24) is 14.9 Å². The lowest BCUT2D eigenvalue weighted by Crippen LogP contribution is -2.17. The highest BCUT2D eigenvalue weighted by molar-refractivity contribution is 7.99. The molecule has 0 saturated carbocycles. The monoisotopic (exact) mass is 431 g/mol. The Morgan fingerprint density at radius 2 is 2.07 bits per heavy atom. The third-order valence-electron chi connectivity index (χ3n) is 4.10. The van der Waals surface area contributed by atoms with Crippen molar-refractivity contribution in [2.24, 2.45) is 0 Å². The smallest absolute Gasteiger partial charge is 0.234 e. The number of ether oxygens (including phenoxy) is 1. The Labute approximate surface area is 178 Å². The first-order chi connectivity index (χ1) is 13.9. The molecular formula is C20H22ClN5O2S. The summed E-state index contributed by atoms with van der Waals surface area (Å²) >= 11 is 7.45. The fourth-order valence-corrected chi connectivity index (χ4v) is 3.87. The molecule has 3 rings (SSSR count). The molecular weight excluding hydrogens is 410 g/mol. The highest BCUT2D eigenvalue weighted by Gasteiger charge is 2.15. The zero-order valence-corrected chi connectivity index (χ0v) is 18.0. The lowest BCUT2D eigenvalue weighted by Gasteiger charge is -2.11. The van der Waals surface area contributed by atoms with Gasteiger partial charge in [-0.25, -0.2) is 4.68 Å². The third kappa shape index (κ3) is 5.02. The number of rotatable bonds is 7. The molecule has 0 aliphatic carbocycles. The molecule has 0 radical (unpaired) electrons. The van der Waals surface area contributed by atoms with E-state index < -0.39 is 0 Å². The quantitative estimate of drug-likeness (QED) is 0.432. The highest BCUT2D eigenvalue weighted by atomic mass is 35.5. The molecule has 9 heteroatoms. The van der Waals surface area contributed by atoms with Gasteiger partial charge in [-0.1, -0.05) is 41.6 Å². The summed E-state index contributed by atoms with van der Waals surface area (Å²) in [6.07, 6.45) is 0. The predicted molar refractivity (Wildman–Crippen MR) is 117 cm³/mol. The van der Waals surface area contributed by atoms with Crippen LogP contribution in [0.4, 0.5) is 5.69 Å². The Morgan fingerprint density at radius 1 is 1.28 bits per heavy atom. The number of nitrogens with one attached hydrogen (secondary N) is 1. The Balaban J connectivity index is 1.68. The van der Waals surface area contributed by atoms with Crippen LogP contribution >= 0.6 is 23.4 Å². The van der Waals surface area contributed by atoms with Crippen LogP contribution in [0.25, 0.3) is 11.4 Å². The molecule has 0 atom stereocenters. The zero-order valence-electron chi connectivity index (χ0n) is 16.4. The lowest BCUT2D eigenvalue weighted by atomic mass is 10.1. The SMILES string of the molecule is CCOc1cccc(-c2nnc(SCC(=O)Nc3c(C)cc(C)cc3Cl)n2N)c1. The number of hydrogen-bond donors (Lipinski definition) is 2. The van der Waals surface area contributed by atoms with E-state index >= 15 is 0 Å². The minimum absolute atomic E-state index is 0.123. The van der Waals surface area contributed by atoms with Crippen LogP contribution in [0.2, 0.25) is 5.02 Å². The zero-order chi connectivity index (χ0) is 21.0. The van der Waals surface area contributed by atoms with Gasteiger partial charge in [-0.2, -0.15) is 0 Å². The van der Waals surface area contributed by atoms with E-state index in [9.17, 15) is 4.79 Å². The molecule has 1 heterocycles. The molecule has 0 aliphatic rings. The Kier molecular flexibility index (Phi) is 6.66. The fourth-order valence-electron chi connectivity index (χ4n) is 2.84. The lowest BCUT2D eigenvalue weighted by molar-refractivity contribution is -0.113. The van der Waals surface area contributed by atoms with Crippen LogP contribution < -0.4 is 15.9 Å². The molecule has 7 nitrogen and oxygen atoms in total. The number of nitrogen functional groups attached to an aromatic ring is 1. The number of carbonyl (C=O) groups excluding carboxylic acids is 1. The maximum atomic E-state index is 12.4. The molecule has 3 N–H and O–H groups in total. The van der Waals surface area contributed by atoms with Gasteiger partial charge in [0.25, 0.3) is 0 Å². The summed E-state index contributed by atoms with van der Waals surface area (Å²) in [6, 6.07) is 11.2. The average Bonchev–Trinajstić information content (AvgIpc) is 3.04. The van der Waals surface area contributed by atoms with Gasteiger partial charge in [-0.3, -0.25) is 4.79 Å². The van der Waals surface area contributed by atoms with Crippen LogP contribution in [0, 0.1) is 13.8 Å². The summed E-state index contributed by atoms with van der Waals surface area (Å²) in [5.41, 5.74) is 3.35. The van der Waals surface area contributed by atoms with Crippen molar-refractivity contribution >= 4 is 35.0 Å². The van der Waals surface area contributed by atoms with E-state index in [4.69, 9.17) is 22.2 Å². The van der Waals surface area contributed by atoms with E-state index in [1.54, 1.807) is 0 Å². The minimum Gasteiger partial charge on any atom is -0.494 e. The predicted octanol–water partition coefficient (Wildman–Crippen LogP) is 4.06. The van der Waals surface area contributed by atoms with E-state index in [0.717, 1.165) is 22.4 Å². The van der Waals surface area contributed by atoms with Gasteiger partial charge >= 0.3 is 0 Å². The molecule has 2 aromatic carbocycles. The number of carbonyl (C=O) groups is 1. The van der Waals surface area contributed by atoms with Crippen LogP contribution in [0.3, 0.4) is 0 Å². The first-order valence-corrected chi connectivity index (χ1v) is 10.4. The van der Waals surface area contributed by atoms with Gasteiger partial charge in [0.1, 0.15) is 5.75 Å². The van der Waals surface area contributed by atoms with Crippen molar-refractivity contribution in [3.63, 3.8) is 0 Å². The van der Waals surface area contributed by atoms with E-state index in [1.807, 2.05) is 57.2 Å². The Bertz CT molecular complexity index is 1010. The average molecular weight is 432 g/mol. The first kappa shape index (κ1) is 21.0. The van der Waals surface area contributed by atoms with Gasteiger partial charge < -0.3 is 15.9 Å². The molecule has 1 aromatic heterocycles. The van der Waals surface area contributed by atoms with Crippen LogP contribution in [0.5, 0.6) is 5.75 Å². The van der Waals surface area contributed by atoms with E-state index in [0.29, 0.717) is 28.3 Å². The number of halogens is 1. The third-order valence-corrected chi connectivity index (χ3v) is 5.34. The van der Waals surface area contributed by atoms with Gasteiger partial charge in [-0.05, 0) is 50.1 Å². The van der Waals surface area contributed by atoms with Gasteiger partial charge in [0.05, 0.1) is 23.1 Å². The van der Waals surface area contributed by atoms with Gasteiger partial charge in [-0.15, -0.1) is 10.2 Å². The van der Waals surface area contributed by atoms with Crippen molar-refractivity contribution in [3.8, 4) is 17.1 Å². The van der Waals surface area contributed by atoms with E-state index in [1.165, 1.54) is 16.4 Å². The van der Waals surface area contributed by atoms with Crippen molar-refractivity contribution in [1.29, 1.82) is 0 Å². The number of anilines is 1. The van der Waals surface area contributed by atoms with Crippen LogP contribution in [0.15, 0.2) is 41.6 Å². The van der Waals surface area contributed by atoms with Gasteiger partial charge in [0.2, 0.25) is 11.1 Å². The number of nitrogens with two attached hydrogens (primary N) is 1. The Hall–Kier alpha value is -2.71. The highest BCUT2D eigenvalue weighted by Crippen LogP contribution is 2.28. The number of nitrogens with zero attached hydrogens (tertiary/aromatic N) is 3. The first-order valence-electron chi connectivity index (χ1n) is 9.02. The number of hydrogen-bond acceptors (Lipinski definition) is 6. The molecule has 1 amide bonds. The minimum atomic E-state index is -0.202. The molecule has 152 valence electrons. The second-order valence-electron chi connectivity index (χ2n) is 6.41. The van der Waals surface area contributed by atoms with E-state index in [2.05, 4.69) is 15.5 Å². The number of aromatic nitrogens is 3. The summed E-state index contributed by atoms with van der Waals surface area (Å²) in [5, 5.41) is 12.0. The second kappa shape index (κ2) is 9.19. The fraction of sp³-hybridized carbons (Fsp3) is 0.250. The van der Waals surface area contributed by atoms with Crippen molar-refractivity contribution in [3.05, 3.63) is 52.5 Å². The van der Waals surface area contributed by atoms with Crippen molar-refractivity contribution in [2.75, 3.05) is 23.5 Å². The number of aryl methyl sites for hydroxylation is 2. The standard InChI is InChI=1S/C20H22ClN5O2S/c1-4-28-15-7-5-6-14(10-15)19-24-25-20(26(19)22)29-11-17(27)23-18-13(3)8-12(2)9-16(18)21/h5-10H,4,11,22H2,1-3H3,(H,23,27). The number of benzene rings is 2. The molecule has 0 saturated heterocycles. The van der Waals surface area contributed by atoms with Gasteiger partial charge in [0.15, 0.2) is 5.82 Å². The largest absolute Gasteiger partial charge is 0.494 e. The summed E-state index contributed by atoms with van der Waals surface area (Å²) < 4.78 is 6.88. The van der Waals surface area contributed by atoms with Crippen LogP contribution in [-0.4, -0.2) is 33.1 Å². The van der Waals surface area contributed by atoms with Gasteiger partial charge in [0, 0.05) is 5.56 Å². The van der Waals surface area contributed by atoms with Crippen molar-refractivity contribution in [2.45, 2.75) is 25.9 Å². The van der Waals surface area contributed by atoms with Crippen LogP contribution in [0.1, 0.15) is 18.1 Å². The normalized spacial score (nSPS) is 10.8. The second-order valence-corrected chi connectivity index (χ2v) is 7.76. The number of amides is 1. The maximum absolute atomic E-state index is 12.4. The topological polar surface area (TPSA) is 95.1 Å². The molecule has 3 aromatic rings. The summed E-state index contributed by atoms with van der Waals surface area (Å²) in [6.45, 7) is 6.35. The summed E-state index contributed by atoms with van der Waals surface area (Å²) in [5.74, 6) is 7.28. The van der Waals surface area contributed by atoms with E-state index in [-0.39, 0.29) is 11.7 Å². The van der Waals surface area contributed by atoms with Crippen LogP contribution in [-0.2, 0) is 4.79 Å². The molecule has 0 fully saturated rings. The summed E-state index contributed by atoms with van der Waals surface area (Å²) in [4.78, 5) is 12.4. The molecule has 0 bridgehead atoms. The Morgan fingerprint density at radius 3 is 2.79 bits per heavy atom. The van der Waals surface area contributed by atoms with Crippen molar-refractivity contribution < 1.29 is 9.53 Å². The summed E-state index contributed by atoms with van der Waals surface area (Å²) in [7, 11) is 0. The molecule has 0 aliphatic heterocycles. The molecule has 0 spiro atoms. The number of thioether (sulfide) groups is 1.